The maximum Gasteiger partial charge on any atom is 0.307 e. The molecule has 3 heteroatoms. The molecule has 0 spiro atoms. The molecule has 0 amide bonds. The highest BCUT2D eigenvalue weighted by atomic mass is 16.5. The largest absolute Gasteiger partial charge is 0.435 e. The van der Waals surface area contributed by atoms with E-state index < -0.39 is 0 Å². The summed E-state index contributed by atoms with van der Waals surface area (Å²) in [4.78, 5) is 10.6. The number of ether oxygens (including phenoxy) is 2. The summed E-state index contributed by atoms with van der Waals surface area (Å²) in [5, 5.41) is 0. The highest BCUT2D eigenvalue weighted by molar-refractivity contribution is 5.66. The molecule has 0 bridgehead atoms. The van der Waals surface area contributed by atoms with Crippen LogP contribution in [0.2, 0.25) is 0 Å². The minimum absolute atomic E-state index is 0.283. The van der Waals surface area contributed by atoms with Gasteiger partial charge in [-0.05, 0) is 30.9 Å². The second-order valence-corrected chi connectivity index (χ2v) is 4.22. The normalized spacial score (nSPS) is 11.3. The van der Waals surface area contributed by atoms with Crippen LogP contribution in [-0.4, -0.2) is 12.6 Å². The zero-order valence-corrected chi connectivity index (χ0v) is 11.0. The van der Waals surface area contributed by atoms with Crippen LogP contribution in [0.1, 0.15) is 32.3 Å². The molecule has 98 valence electrons. The average Bonchev–Trinajstić information content (AvgIpc) is 2.37. The molecule has 0 aliphatic rings. The fraction of sp³-hybridized carbons (Fsp3) is 0.400. The lowest BCUT2D eigenvalue weighted by Crippen LogP contribution is -1.96. The number of rotatable bonds is 7. The Kier molecular flexibility index (Phi) is 6.81. The van der Waals surface area contributed by atoms with Gasteiger partial charge in [0.2, 0.25) is 0 Å². The fourth-order valence-electron chi connectivity index (χ4n) is 1.46. The molecular formula is C15H20O3. The lowest BCUT2D eigenvalue weighted by Gasteiger charge is -2.04. The molecule has 0 radical (unpaired) electrons. The van der Waals surface area contributed by atoms with Crippen LogP contribution in [-0.2, 0) is 20.9 Å². The third-order valence-corrected chi connectivity index (χ3v) is 2.40. The van der Waals surface area contributed by atoms with Crippen LogP contribution in [0.5, 0.6) is 0 Å². The fourth-order valence-corrected chi connectivity index (χ4v) is 1.46. The van der Waals surface area contributed by atoms with Gasteiger partial charge in [0, 0.05) is 13.5 Å². The van der Waals surface area contributed by atoms with Crippen LogP contribution in [0.15, 0.2) is 42.2 Å². The maximum atomic E-state index is 10.6. The van der Waals surface area contributed by atoms with Gasteiger partial charge in [-0.3, -0.25) is 4.79 Å². The van der Waals surface area contributed by atoms with Crippen LogP contribution in [0.25, 0.3) is 0 Å². The molecule has 1 rings (SSSR count). The van der Waals surface area contributed by atoms with Crippen molar-refractivity contribution in [2.75, 3.05) is 6.61 Å². The van der Waals surface area contributed by atoms with Gasteiger partial charge in [0.1, 0.15) is 0 Å². The Labute approximate surface area is 108 Å². The molecule has 0 unspecified atom stereocenters. The molecule has 0 heterocycles. The number of hydrogen-bond acceptors (Lipinski definition) is 3. The number of carbonyl (C=O) groups is 1. The Bertz CT molecular complexity index is 382. The summed E-state index contributed by atoms with van der Waals surface area (Å²) < 4.78 is 10.3. The number of allylic oxidation sites excluding steroid dienone is 1. The van der Waals surface area contributed by atoms with E-state index in [-0.39, 0.29) is 5.97 Å². The number of carbonyl (C=O) groups excluding carboxylic acids is 1. The van der Waals surface area contributed by atoms with Crippen LogP contribution in [0, 0.1) is 0 Å². The summed E-state index contributed by atoms with van der Waals surface area (Å²) in [6.07, 6.45) is 3.32. The molecular weight excluding hydrogens is 228 g/mol. The van der Waals surface area contributed by atoms with Crippen LogP contribution in [0.4, 0.5) is 0 Å². The summed E-state index contributed by atoms with van der Waals surface area (Å²) in [7, 11) is 0. The Morgan fingerprint density at radius 2 is 1.94 bits per heavy atom. The highest BCUT2D eigenvalue weighted by Gasteiger charge is 1.95. The van der Waals surface area contributed by atoms with E-state index in [1.807, 2.05) is 37.3 Å². The van der Waals surface area contributed by atoms with Crippen molar-refractivity contribution in [1.82, 2.24) is 0 Å². The van der Waals surface area contributed by atoms with E-state index in [2.05, 4.69) is 0 Å². The van der Waals surface area contributed by atoms with Crippen molar-refractivity contribution in [2.45, 2.75) is 33.3 Å². The first-order valence-electron chi connectivity index (χ1n) is 6.13. The van der Waals surface area contributed by atoms with Crippen LogP contribution < -0.4 is 0 Å². The van der Waals surface area contributed by atoms with Gasteiger partial charge in [-0.25, -0.2) is 0 Å². The van der Waals surface area contributed by atoms with E-state index in [9.17, 15) is 4.79 Å². The molecule has 0 saturated carbocycles. The molecule has 0 aliphatic heterocycles. The molecule has 0 saturated heterocycles. The first kappa shape index (κ1) is 14.5. The summed E-state index contributed by atoms with van der Waals surface area (Å²) in [5.74, 6) is -0.283. The molecule has 0 atom stereocenters. The van der Waals surface area contributed by atoms with Gasteiger partial charge < -0.3 is 9.47 Å². The molecule has 0 aliphatic carbocycles. The summed E-state index contributed by atoms with van der Waals surface area (Å²) in [5.41, 5.74) is 2.23. The van der Waals surface area contributed by atoms with Gasteiger partial charge >= 0.3 is 5.97 Å². The molecule has 0 N–H and O–H groups in total. The zero-order chi connectivity index (χ0) is 13.2. The Morgan fingerprint density at radius 3 is 2.61 bits per heavy atom. The van der Waals surface area contributed by atoms with Crippen molar-refractivity contribution in [2.24, 2.45) is 0 Å². The van der Waals surface area contributed by atoms with E-state index in [0.29, 0.717) is 13.2 Å². The van der Waals surface area contributed by atoms with E-state index in [0.717, 1.165) is 18.4 Å². The SMILES string of the molecule is CC(=O)O/C=C(\C)CCCOCc1ccccc1. The van der Waals surface area contributed by atoms with E-state index >= 15 is 0 Å². The summed E-state index contributed by atoms with van der Waals surface area (Å²) in [6.45, 7) is 4.70. The second-order valence-electron chi connectivity index (χ2n) is 4.22. The minimum atomic E-state index is -0.283. The predicted molar refractivity (Wildman–Crippen MR) is 70.9 cm³/mol. The molecule has 1 aromatic rings. The van der Waals surface area contributed by atoms with Crippen molar-refractivity contribution in [3.05, 3.63) is 47.7 Å². The smallest absolute Gasteiger partial charge is 0.307 e. The number of esters is 1. The number of hydrogen-bond donors (Lipinski definition) is 0. The summed E-state index contributed by atoms with van der Waals surface area (Å²) in [6, 6.07) is 10.1. The standard InChI is InChI=1S/C15H20O3/c1-13(11-18-14(2)16)7-6-10-17-12-15-8-4-3-5-9-15/h3-5,8-9,11H,6-7,10,12H2,1-2H3/b13-11+. The Hall–Kier alpha value is -1.61. The molecule has 18 heavy (non-hydrogen) atoms. The third-order valence-electron chi connectivity index (χ3n) is 2.40. The molecule has 1 aromatic carbocycles. The Balaban J connectivity index is 2.08. The first-order chi connectivity index (χ1) is 8.68. The van der Waals surface area contributed by atoms with Gasteiger partial charge in [0.05, 0.1) is 12.9 Å². The van der Waals surface area contributed by atoms with Crippen molar-refractivity contribution in [3.8, 4) is 0 Å². The summed E-state index contributed by atoms with van der Waals surface area (Å²) >= 11 is 0. The number of benzene rings is 1. The van der Waals surface area contributed by atoms with Gasteiger partial charge in [0.15, 0.2) is 0 Å². The van der Waals surface area contributed by atoms with Crippen LogP contribution in [0.3, 0.4) is 0 Å². The van der Waals surface area contributed by atoms with Gasteiger partial charge in [0.25, 0.3) is 0 Å². The average molecular weight is 248 g/mol. The van der Waals surface area contributed by atoms with Crippen molar-refractivity contribution < 1.29 is 14.3 Å². The van der Waals surface area contributed by atoms with Gasteiger partial charge in [-0.2, -0.15) is 0 Å². The quantitative estimate of drug-likeness (QED) is 0.421. The van der Waals surface area contributed by atoms with E-state index in [1.54, 1.807) is 0 Å². The minimum Gasteiger partial charge on any atom is -0.435 e. The highest BCUT2D eigenvalue weighted by Crippen LogP contribution is 2.06. The predicted octanol–water partition coefficient (Wildman–Crippen LogP) is 3.45. The third kappa shape index (κ3) is 6.86. The van der Waals surface area contributed by atoms with Crippen molar-refractivity contribution >= 4 is 5.97 Å². The lowest BCUT2D eigenvalue weighted by molar-refractivity contribution is -0.135. The monoisotopic (exact) mass is 248 g/mol. The topological polar surface area (TPSA) is 35.5 Å². The van der Waals surface area contributed by atoms with Gasteiger partial charge in [-0.15, -0.1) is 0 Å². The van der Waals surface area contributed by atoms with Crippen molar-refractivity contribution in [3.63, 3.8) is 0 Å². The van der Waals surface area contributed by atoms with Crippen LogP contribution >= 0.6 is 0 Å². The van der Waals surface area contributed by atoms with E-state index in [1.165, 1.54) is 18.7 Å². The van der Waals surface area contributed by atoms with Crippen molar-refractivity contribution in [1.29, 1.82) is 0 Å². The lowest BCUT2D eigenvalue weighted by atomic mass is 10.2. The second kappa shape index (κ2) is 8.48. The van der Waals surface area contributed by atoms with E-state index in [4.69, 9.17) is 9.47 Å². The molecule has 3 nitrogen and oxygen atoms in total. The van der Waals surface area contributed by atoms with Gasteiger partial charge in [-0.1, -0.05) is 30.3 Å². The first-order valence-corrected chi connectivity index (χ1v) is 6.13. The zero-order valence-electron chi connectivity index (χ0n) is 11.0. The molecule has 0 aromatic heterocycles. The maximum absolute atomic E-state index is 10.6. The Morgan fingerprint density at radius 1 is 1.22 bits per heavy atom. The molecule has 0 fully saturated rings.